The Balaban J connectivity index is 3.21. The van der Waals surface area contributed by atoms with Gasteiger partial charge in [-0.15, -0.1) is 0 Å². The molecule has 0 saturated carbocycles. The molecule has 0 aliphatic heterocycles. The van der Waals surface area contributed by atoms with Crippen molar-refractivity contribution in [3.8, 4) is 0 Å². The van der Waals surface area contributed by atoms with Crippen LogP contribution in [0.5, 0.6) is 0 Å². The third kappa shape index (κ3) is 2.71. The maximum Gasteiger partial charge on any atom is 0.151 e. The van der Waals surface area contributed by atoms with Crippen LogP contribution in [0, 0.1) is 0 Å². The lowest BCUT2D eigenvalue weighted by atomic mass is 10.4. The molecule has 0 heterocycles. The van der Waals surface area contributed by atoms with Crippen LogP contribution in [0.25, 0.3) is 0 Å². The summed E-state index contributed by atoms with van der Waals surface area (Å²) in [6.07, 6.45) is 0.309. The fourth-order valence-electron chi connectivity index (χ4n) is 0.327. The van der Waals surface area contributed by atoms with Gasteiger partial charge in [-0.1, -0.05) is 0 Å². The smallest absolute Gasteiger partial charge is 0.151 e. The number of aldehydes is 1. The number of carbonyl (C=O) groups excluding carboxylic acids is 1. The van der Waals surface area contributed by atoms with Gasteiger partial charge in [0, 0.05) is 14.2 Å². The third-order valence-electron chi connectivity index (χ3n) is 0.785. The first-order valence-corrected chi connectivity index (χ1v) is 2.32. The average molecular weight is 118 g/mol. The quantitative estimate of drug-likeness (QED) is 0.481. The number of hydrogen-bond acceptors (Lipinski definition) is 3. The summed E-state index contributed by atoms with van der Waals surface area (Å²) in [4.78, 5) is 9.92. The lowest BCUT2D eigenvalue weighted by Crippen LogP contribution is -2.18. The predicted molar refractivity (Wildman–Crippen MR) is 28.7 cm³/mol. The highest BCUT2D eigenvalue weighted by Crippen LogP contribution is 1.82. The van der Waals surface area contributed by atoms with E-state index in [-0.39, 0.29) is 0 Å². The minimum absolute atomic E-state index is 0.333. The van der Waals surface area contributed by atoms with Gasteiger partial charge >= 0.3 is 0 Å². The number of hydrogen-bond donors (Lipinski definition) is 0. The van der Waals surface area contributed by atoms with Crippen LogP contribution in [0.1, 0.15) is 0 Å². The average Bonchev–Trinajstić information content (AvgIpc) is 1.83. The Morgan fingerprint density at radius 1 is 1.62 bits per heavy atom. The molecule has 48 valence electrons. The molecule has 8 heavy (non-hydrogen) atoms. The van der Waals surface area contributed by atoms with E-state index in [1.54, 1.807) is 0 Å². The molecule has 0 aliphatic carbocycles. The van der Waals surface area contributed by atoms with Crippen LogP contribution in [-0.4, -0.2) is 33.2 Å². The standard InChI is InChI=1S/C5H10O3/c1-7-4-5(3-6)8-2/h3,5H,4H2,1-2H3. The Labute approximate surface area is 48.6 Å². The number of carbonyl (C=O) groups is 1. The number of rotatable bonds is 4. The molecule has 0 radical (unpaired) electrons. The summed E-state index contributed by atoms with van der Waals surface area (Å²) in [6, 6.07) is 0. The summed E-state index contributed by atoms with van der Waals surface area (Å²) < 4.78 is 9.28. The second-order valence-electron chi connectivity index (χ2n) is 1.37. The Morgan fingerprint density at radius 2 is 2.25 bits per heavy atom. The predicted octanol–water partition coefficient (Wildman–Crippen LogP) is -0.153. The Hall–Kier alpha value is -0.410. The summed E-state index contributed by atoms with van der Waals surface area (Å²) >= 11 is 0. The van der Waals surface area contributed by atoms with Crippen LogP contribution in [-0.2, 0) is 14.3 Å². The van der Waals surface area contributed by atoms with Gasteiger partial charge < -0.3 is 14.3 Å². The van der Waals surface area contributed by atoms with Crippen molar-refractivity contribution in [1.29, 1.82) is 0 Å². The highest BCUT2D eigenvalue weighted by Gasteiger charge is 2.01. The molecule has 0 fully saturated rings. The van der Waals surface area contributed by atoms with Gasteiger partial charge in [-0.3, -0.25) is 0 Å². The van der Waals surface area contributed by atoms with E-state index in [1.807, 2.05) is 0 Å². The zero-order valence-electron chi connectivity index (χ0n) is 5.09. The van der Waals surface area contributed by atoms with Gasteiger partial charge in [-0.25, -0.2) is 0 Å². The second-order valence-corrected chi connectivity index (χ2v) is 1.37. The first-order chi connectivity index (χ1) is 3.85. The van der Waals surface area contributed by atoms with Gasteiger partial charge in [0.15, 0.2) is 6.29 Å². The zero-order valence-corrected chi connectivity index (χ0v) is 5.09. The molecule has 0 aromatic rings. The highest BCUT2D eigenvalue weighted by atomic mass is 16.5. The maximum atomic E-state index is 9.92. The molecular weight excluding hydrogens is 108 g/mol. The third-order valence-corrected chi connectivity index (χ3v) is 0.785. The normalized spacial score (nSPS) is 13.2. The van der Waals surface area contributed by atoms with Crippen LogP contribution in [0.3, 0.4) is 0 Å². The van der Waals surface area contributed by atoms with Crippen molar-refractivity contribution >= 4 is 6.29 Å². The summed E-state index contributed by atoms with van der Waals surface area (Å²) in [5.74, 6) is 0. The molecule has 0 rings (SSSR count). The van der Waals surface area contributed by atoms with Crippen molar-refractivity contribution in [2.45, 2.75) is 6.10 Å². The lowest BCUT2D eigenvalue weighted by molar-refractivity contribution is -0.119. The SMILES string of the molecule is COCC(C=O)OC. The van der Waals surface area contributed by atoms with E-state index in [2.05, 4.69) is 9.47 Å². The molecule has 0 N–H and O–H groups in total. The van der Waals surface area contributed by atoms with Crippen molar-refractivity contribution in [1.82, 2.24) is 0 Å². The van der Waals surface area contributed by atoms with Gasteiger partial charge in [0.2, 0.25) is 0 Å². The van der Waals surface area contributed by atoms with Gasteiger partial charge in [-0.05, 0) is 0 Å². The van der Waals surface area contributed by atoms with Crippen LogP contribution >= 0.6 is 0 Å². The minimum atomic E-state index is -0.403. The van der Waals surface area contributed by atoms with Crippen LogP contribution < -0.4 is 0 Å². The molecule has 0 aromatic heterocycles. The molecule has 3 heteroatoms. The summed E-state index contributed by atoms with van der Waals surface area (Å²) in [5, 5.41) is 0. The molecule has 1 unspecified atom stereocenters. The Bertz CT molecular complexity index is 62.7. The summed E-state index contributed by atoms with van der Waals surface area (Å²) in [5.41, 5.74) is 0. The fourth-order valence-corrected chi connectivity index (χ4v) is 0.327. The molecule has 1 atom stereocenters. The molecule has 0 bridgehead atoms. The van der Waals surface area contributed by atoms with E-state index in [0.717, 1.165) is 0 Å². The Morgan fingerprint density at radius 3 is 2.38 bits per heavy atom. The van der Waals surface area contributed by atoms with E-state index >= 15 is 0 Å². The number of methoxy groups -OCH3 is 2. The van der Waals surface area contributed by atoms with Gasteiger partial charge in [0.1, 0.15) is 6.10 Å². The van der Waals surface area contributed by atoms with Crippen molar-refractivity contribution < 1.29 is 14.3 Å². The topological polar surface area (TPSA) is 35.5 Å². The first kappa shape index (κ1) is 7.59. The molecular formula is C5H10O3. The summed E-state index contributed by atoms with van der Waals surface area (Å²) in [7, 11) is 2.99. The fraction of sp³-hybridized carbons (Fsp3) is 0.800. The lowest BCUT2D eigenvalue weighted by Gasteiger charge is -2.03. The zero-order chi connectivity index (χ0) is 6.41. The summed E-state index contributed by atoms with van der Waals surface area (Å²) in [6.45, 7) is 0.333. The molecule has 0 aliphatic rings. The van der Waals surface area contributed by atoms with E-state index < -0.39 is 6.10 Å². The van der Waals surface area contributed by atoms with E-state index in [9.17, 15) is 4.79 Å². The van der Waals surface area contributed by atoms with Crippen LogP contribution in [0.2, 0.25) is 0 Å². The van der Waals surface area contributed by atoms with Gasteiger partial charge in [0.05, 0.1) is 6.61 Å². The van der Waals surface area contributed by atoms with Gasteiger partial charge in [0.25, 0.3) is 0 Å². The monoisotopic (exact) mass is 118 g/mol. The van der Waals surface area contributed by atoms with Crippen molar-refractivity contribution in [2.75, 3.05) is 20.8 Å². The highest BCUT2D eigenvalue weighted by molar-refractivity contribution is 5.55. The molecule has 3 nitrogen and oxygen atoms in total. The molecule has 0 amide bonds. The van der Waals surface area contributed by atoms with E-state index in [4.69, 9.17) is 0 Å². The molecule has 0 spiro atoms. The number of ether oxygens (including phenoxy) is 2. The molecule has 0 saturated heterocycles. The van der Waals surface area contributed by atoms with Crippen molar-refractivity contribution in [3.63, 3.8) is 0 Å². The largest absolute Gasteiger partial charge is 0.382 e. The van der Waals surface area contributed by atoms with Crippen LogP contribution in [0.4, 0.5) is 0 Å². The second kappa shape index (κ2) is 4.74. The van der Waals surface area contributed by atoms with E-state index in [0.29, 0.717) is 12.9 Å². The Kier molecular flexibility index (Phi) is 4.50. The van der Waals surface area contributed by atoms with Crippen LogP contribution in [0.15, 0.2) is 0 Å². The minimum Gasteiger partial charge on any atom is -0.382 e. The first-order valence-electron chi connectivity index (χ1n) is 2.32. The van der Waals surface area contributed by atoms with Crippen molar-refractivity contribution in [3.05, 3.63) is 0 Å². The maximum absolute atomic E-state index is 9.92. The van der Waals surface area contributed by atoms with E-state index in [1.165, 1.54) is 14.2 Å². The van der Waals surface area contributed by atoms with Gasteiger partial charge in [-0.2, -0.15) is 0 Å². The van der Waals surface area contributed by atoms with Crippen molar-refractivity contribution in [2.24, 2.45) is 0 Å². The molecule has 0 aromatic carbocycles.